The van der Waals surface area contributed by atoms with Crippen molar-refractivity contribution in [3.63, 3.8) is 0 Å². The Hall–Kier alpha value is -1.18. The van der Waals surface area contributed by atoms with E-state index in [1.54, 1.807) is 24.3 Å². The maximum absolute atomic E-state index is 12.0. The zero-order chi connectivity index (χ0) is 14.3. The van der Waals surface area contributed by atoms with Crippen molar-refractivity contribution in [2.75, 3.05) is 13.1 Å². The second-order valence-electron chi connectivity index (χ2n) is 3.67. The fraction of sp³-hybridized carbons (Fsp3) is 0.250. The number of halogens is 1. The fourth-order valence-corrected chi connectivity index (χ4v) is 3.35. The molecule has 0 spiro atoms. The molecule has 1 aromatic rings. The van der Waals surface area contributed by atoms with Crippen LogP contribution in [0.3, 0.4) is 0 Å². The predicted molar refractivity (Wildman–Crippen MR) is 77.2 cm³/mol. The Kier molecular flexibility index (Phi) is 6.20. The third kappa shape index (κ3) is 5.14. The summed E-state index contributed by atoms with van der Waals surface area (Å²) in [7, 11) is -3.60. The molecule has 0 saturated carbocycles. The molecule has 19 heavy (non-hydrogen) atoms. The lowest BCUT2D eigenvalue weighted by atomic mass is 10.4. The summed E-state index contributed by atoms with van der Waals surface area (Å²) in [6, 6.07) is 6.50. The number of sulfonamides is 1. The number of hydrogen-bond donors (Lipinski definition) is 2. The molecule has 0 saturated heterocycles. The zero-order valence-corrected chi connectivity index (χ0v) is 12.6. The van der Waals surface area contributed by atoms with Crippen molar-refractivity contribution in [2.24, 2.45) is 0 Å². The smallest absolute Gasteiger partial charge is 0.241 e. The summed E-state index contributed by atoms with van der Waals surface area (Å²) >= 11 is 3.18. The highest BCUT2D eigenvalue weighted by Crippen LogP contribution is 2.20. The van der Waals surface area contributed by atoms with Gasteiger partial charge in [-0.05, 0) is 28.1 Å². The maximum Gasteiger partial charge on any atom is 0.241 e. The van der Waals surface area contributed by atoms with E-state index < -0.39 is 10.0 Å². The van der Waals surface area contributed by atoms with Crippen LogP contribution in [0.15, 0.2) is 46.3 Å². The first-order valence-corrected chi connectivity index (χ1v) is 7.87. The van der Waals surface area contributed by atoms with Crippen molar-refractivity contribution < 1.29 is 13.2 Å². The minimum Gasteiger partial charge on any atom is -0.353 e. The number of carbonyl (C=O) groups excluding carboxylic acids is 1. The van der Waals surface area contributed by atoms with Crippen LogP contribution in [0.25, 0.3) is 0 Å². The van der Waals surface area contributed by atoms with Gasteiger partial charge >= 0.3 is 0 Å². The summed E-state index contributed by atoms with van der Waals surface area (Å²) in [5, 5.41) is 2.57. The predicted octanol–water partition coefficient (Wildman–Crippen LogP) is 1.42. The summed E-state index contributed by atoms with van der Waals surface area (Å²) in [5.41, 5.74) is 0. The largest absolute Gasteiger partial charge is 0.353 e. The van der Waals surface area contributed by atoms with Gasteiger partial charge in [-0.15, -0.1) is 6.58 Å². The average Bonchev–Trinajstić information content (AvgIpc) is 2.36. The van der Waals surface area contributed by atoms with Crippen molar-refractivity contribution in [2.45, 2.75) is 11.3 Å². The van der Waals surface area contributed by atoms with Crippen LogP contribution in [0.4, 0.5) is 0 Å². The Morgan fingerprint density at radius 3 is 2.68 bits per heavy atom. The average molecular weight is 347 g/mol. The highest BCUT2D eigenvalue weighted by atomic mass is 79.9. The summed E-state index contributed by atoms with van der Waals surface area (Å²) in [6.45, 7) is 3.89. The molecule has 0 heterocycles. The lowest BCUT2D eigenvalue weighted by molar-refractivity contribution is -0.120. The molecule has 1 aromatic carbocycles. The van der Waals surface area contributed by atoms with Crippen LogP contribution < -0.4 is 10.0 Å². The molecule has 1 rings (SSSR count). The van der Waals surface area contributed by atoms with E-state index in [2.05, 4.69) is 32.5 Å². The van der Waals surface area contributed by atoms with E-state index in [1.807, 2.05) is 0 Å². The molecule has 1 amide bonds. The Morgan fingerprint density at radius 2 is 2.05 bits per heavy atom. The normalized spacial score (nSPS) is 11.0. The molecule has 0 aliphatic carbocycles. The Bertz CT molecular complexity index is 558. The molecule has 104 valence electrons. The quantitative estimate of drug-likeness (QED) is 0.733. The first-order valence-electron chi connectivity index (χ1n) is 5.59. The summed E-state index contributed by atoms with van der Waals surface area (Å²) in [5.74, 6) is -0.227. The molecular weight excluding hydrogens is 332 g/mol. The molecule has 0 aliphatic rings. The van der Waals surface area contributed by atoms with Crippen LogP contribution in [0, 0.1) is 0 Å². The van der Waals surface area contributed by atoms with Crippen LogP contribution in [-0.4, -0.2) is 27.4 Å². The van der Waals surface area contributed by atoms with Crippen LogP contribution in [-0.2, 0) is 14.8 Å². The third-order valence-corrected chi connectivity index (χ3v) is 4.69. The van der Waals surface area contributed by atoms with E-state index in [9.17, 15) is 13.2 Å². The monoisotopic (exact) mass is 346 g/mol. The second-order valence-corrected chi connectivity index (χ2v) is 6.26. The maximum atomic E-state index is 12.0. The van der Waals surface area contributed by atoms with Crippen LogP contribution in [0.5, 0.6) is 0 Å². The number of nitrogens with one attached hydrogen (secondary N) is 2. The Balaban J connectivity index is 2.55. The van der Waals surface area contributed by atoms with Gasteiger partial charge in [0.15, 0.2) is 0 Å². The van der Waals surface area contributed by atoms with Crippen molar-refractivity contribution in [3.05, 3.63) is 41.4 Å². The molecule has 7 heteroatoms. The molecule has 5 nitrogen and oxygen atoms in total. The van der Waals surface area contributed by atoms with Gasteiger partial charge in [0.2, 0.25) is 15.9 Å². The summed E-state index contributed by atoms with van der Waals surface area (Å²) in [6.07, 6.45) is 1.64. The highest BCUT2D eigenvalue weighted by Gasteiger charge is 2.16. The number of amides is 1. The van der Waals surface area contributed by atoms with Gasteiger partial charge in [0, 0.05) is 24.0 Å². The number of hydrogen-bond acceptors (Lipinski definition) is 3. The van der Waals surface area contributed by atoms with Crippen LogP contribution in [0.2, 0.25) is 0 Å². The molecule has 0 bridgehead atoms. The van der Waals surface area contributed by atoms with Gasteiger partial charge in [-0.3, -0.25) is 4.79 Å². The van der Waals surface area contributed by atoms with Gasteiger partial charge in [-0.25, -0.2) is 13.1 Å². The van der Waals surface area contributed by atoms with Crippen LogP contribution >= 0.6 is 15.9 Å². The van der Waals surface area contributed by atoms with Crippen molar-refractivity contribution in [1.29, 1.82) is 0 Å². The molecule has 0 atom stereocenters. The van der Waals surface area contributed by atoms with E-state index in [0.29, 0.717) is 11.0 Å². The minimum absolute atomic E-state index is 0.0483. The molecule has 2 N–H and O–H groups in total. The zero-order valence-electron chi connectivity index (χ0n) is 10.2. The van der Waals surface area contributed by atoms with E-state index in [-0.39, 0.29) is 23.8 Å². The highest BCUT2D eigenvalue weighted by molar-refractivity contribution is 9.10. The third-order valence-electron chi connectivity index (χ3n) is 2.21. The van der Waals surface area contributed by atoms with Gasteiger partial charge in [-0.2, -0.15) is 0 Å². The molecule has 0 aliphatic heterocycles. The van der Waals surface area contributed by atoms with Gasteiger partial charge in [0.05, 0.1) is 4.90 Å². The van der Waals surface area contributed by atoms with Crippen molar-refractivity contribution in [3.8, 4) is 0 Å². The van der Waals surface area contributed by atoms with Gasteiger partial charge in [0.25, 0.3) is 0 Å². The molecule has 0 radical (unpaired) electrons. The summed E-state index contributed by atoms with van der Waals surface area (Å²) < 4.78 is 26.8. The van der Waals surface area contributed by atoms with Gasteiger partial charge in [0.1, 0.15) is 0 Å². The lowest BCUT2D eigenvalue weighted by Crippen LogP contribution is -2.31. The Morgan fingerprint density at radius 1 is 1.37 bits per heavy atom. The van der Waals surface area contributed by atoms with E-state index in [1.165, 1.54) is 6.07 Å². The second kappa shape index (κ2) is 7.42. The topological polar surface area (TPSA) is 75.3 Å². The van der Waals surface area contributed by atoms with Crippen molar-refractivity contribution in [1.82, 2.24) is 10.0 Å². The number of rotatable bonds is 7. The standard InChI is InChI=1S/C12H15BrN2O3S/c1-2-8-14-12(16)7-9-15-19(17,18)11-6-4-3-5-10(11)13/h2-6,15H,1,7-9H2,(H,14,16). The molecule has 0 fully saturated rings. The molecule has 0 aromatic heterocycles. The SMILES string of the molecule is C=CCNC(=O)CCNS(=O)(=O)c1ccccc1Br. The van der Waals surface area contributed by atoms with E-state index >= 15 is 0 Å². The lowest BCUT2D eigenvalue weighted by Gasteiger charge is -2.08. The van der Waals surface area contributed by atoms with E-state index in [0.717, 1.165) is 0 Å². The van der Waals surface area contributed by atoms with E-state index in [4.69, 9.17) is 0 Å². The first-order chi connectivity index (χ1) is 8.97. The summed E-state index contributed by atoms with van der Waals surface area (Å²) in [4.78, 5) is 11.4. The van der Waals surface area contributed by atoms with Crippen LogP contribution in [0.1, 0.15) is 6.42 Å². The fourth-order valence-electron chi connectivity index (χ4n) is 1.31. The molecular formula is C12H15BrN2O3S. The minimum atomic E-state index is -3.60. The molecule has 0 unspecified atom stereocenters. The number of benzene rings is 1. The number of carbonyl (C=O) groups is 1. The Labute approximate surface area is 121 Å². The van der Waals surface area contributed by atoms with Crippen molar-refractivity contribution >= 4 is 31.9 Å². The first kappa shape index (κ1) is 15.9. The van der Waals surface area contributed by atoms with Gasteiger partial charge < -0.3 is 5.32 Å². The van der Waals surface area contributed by atoms with Gasteiger partial charge in [-0.1, -0.05) is 18.2 Å².